The summed E-state index contributed by atoms with van der Waals surface area (Å²) in [7, 11) is 3.38. The van der Waals surface area contributed by atoms with E-state index in [1.807, 2.05) is 0 Å². The van der Waals surface area contributed by atoms with Crippen LogP contribution >= 0.6 is 0 Å². The van der Waals surface area contributed by atoms with Crippen LogP contribution in [-0.2, 0) is 22.9 Å². The number of methoxy groups -OCH3 is 1. The first-order chi connectivity index (χ1) is 7.72. The molecule has 0 aromatic carbocycles. The predicted octanol–water partition coefficient (Wildman–Crippen LogP) is -0.867. The highest BCUT2D eigenvalue weighted by molar-refractivity contribution is 4.82. The number of tetrazole rings is 1. The Bertz CT molecular complexity index is 291. The van der Waals surface area contributed by atoms with E-state index in [1.54, 1.807) is 14.2 Å². The quantitative estimate of drug-likeness (QED) is 0.583. The molecule has 0 radical (unpaired) electrons. The molecular formula is C9H19N5O2. The van der Waals surface area contributed by atoms with Crippen LogP contribution in [-0.4, -0.2) is 53.2 Å². The van der Waals surface area contributed by atoms with Gasteiger partial charge in [-0.15, -0.1) is 10.2 Å². The molecule has 0 aliphatic carbocycles. The Morgan fingerprint density at radius 1 is 1.38 bits per heavy atom. The molecule has 0 saturated carbocycles. The minimum absolute atomic E-state index is 0.00625. The highest BCUT2D eigenvalue weighted by atomic mass is 16.5. The van der Waals surface area contributed by atoms with Crippen molar-refractivity contribution in [3.63, 3.8) is 0 Å². The summed E-state index contributed by atoms with van der Waals surface area (Å²) in [6.07, 6.45) is 1.41. The number of rotatable bonds is 8. The fourth-order valence-corrected chi connectivity index (χ4v) is 1.22. The number of hydrogen-bond donors (Lipinski definition) is 1. The van der Waals surface area contributed by atoms with Crippen LogP contribution in [0, 0.1) is 0 Å². The first kappa shape index (κ1) is 13.0. The monoisotopic (exact) mass is 229 g/mol. The van der Waals surface area contributed by atoms with Gasteiger partial charge in [0.25, 0.3) is 0 Å². The van der Waals surface area contributed by atoms with Crippen molar-refractivity contribution in [2.75, 3.05) is 26.9 Å². The Kier molecular flexibility index (Phi) is 5.91. The van der Waals surface area contributed by atoms with Crippen molar-refractivity contribution < 1.29 is 9.47 Å². The van der Waals surface area contributed by atoms with Gasteiger partial charge in [0.1, 0.15) is 0 Å². The first-order valence-electron chi connectivity index (χ1n) is 5.27. The zero-order valence-electron chi connectivity index (χ0n) is 9.80. The van der Waals surface area contributed by atoms with Crippen molar-refractivity contribution in [1.29, 1.82) is 0 Å². The van der Waals surface area contributed by atoms with Crippen LogP contribution in [0.15, 0.2) is 0 Å². The summed E-state index contributed by atoms with van der Waals surface area (Å²) < 4.78 is 10.2. The molecule has 0 fully saturated rings. The van der Waals surface area contributed by atoms with Crippen molar-refractivity contribution in [3.05, 3.63) is 5.82 Å². The fourth-order valence-electron chi connectivity index (χ4n) is 1.22. The van der Waals surface area contributed by atoms with Gasteiger partial charge in [-0.1, -0.05) is 0 Å². The Morgan fingerprint density at radius 3 is 2.81 bits per heavy atom. The second kappa shape index (κ2) is 7.26. The van der Waals surface area contributed by atoms with Gasteiger partial charge in [0.15, 0.2) is 5.82 Å². The summed E-state index contributed by atoms with van der Waals surface area (Å²) in [5, 5.41) is 11.7. The minimum atomic E-state index is 0.00625. The van der Waals surface area contributed by atoms with E-state index >= 15 is 0 Å². The Morgan fingerprint density at radius 2 is 2.19 bits per heavy atom. The number of nitrogens with two attached hydrogens (primary N) is 1. The highest BCUT2D eigenvalue weighted by Gasteiger charge is 2.08. The van der Waals surface area contributed by atoms with Crippen molar-refractivity contribution in [1.82, 2.24) is 20.2 Å². The third-order valence-corrected chi connectivity index (χ3v) is 2.06. The molecule has 2 N–H and O–H groups in total. The average molecular weight is 229 g/mol. The van der Waals surface area contributed by atoms with Gasteiger partial charge < -0.3 is 15.2 Å². The molecule has 1 aromatic rings. The van der Waals surface area contributed by atoms with Crippen LogP contribution < -0.4 is 5.73 Å². The predicted molar refractivity (Wildman–Crippen MR) is 57.8 cm³/mol. The molecule has 1 heterocycles. The zero-order chi connectivity index (χ0) is 11.8. The van der Waals surface area contributed by atoms with Gasteiger partial charge in [0, 0.05) is 26.2 Å². The lowest BCUT2D eigenvalue weighted by Crippen LogP contribution is -2.25. The summed E-state index contributed by atoms with van der Waals surface area (Å²) in [6.45, 7) is 1.85. The summed E-state index contributed by atoms with van der Waals surface area (Å²) >= 11 is 0. The van der Waals surface area contributed by atoms with E-state index in [1.165, 1.54) is 4.80 Å². The van der Waals surface area contributed by atoms with E-state index in [0.29, 0.717) is 32.1 Å². The van der Waals surface area contributed by atoms with Crippen LogP contribution in [0.2, 0.25) is 0 Å². The molecule has 1 atom stereocenters. The molecule has 0 aliphatic rings. The molecule has 16 heavy (non-hydrogen) atoms. The molecular weight excluding hydrogens is 210 g/mol. The van der Waals surface area contributed by atoms with Gasteiger partial charge in [-0.05, 0) is 11.6 Å². The molecule has 92 valence electrons. The zero-order valence-corrected chi connectivity index (χ0v) is 9.80. The lowest BCUT2D eigenvalue weighted by atomic mass is 10.1. The number of nitrogens with zero attached hydrogens (tertiary/aromatic N) is 4. The maximum Gasteiger partial charge on any atom is 0.176 e. The summed E-state index contributed by atoms with van der Waals surface area (Å²) in [5.41, 5.74) is 5.90. The first-order valence-corrected chi connectivity index (χ1v) is 5.27. The number of aromatic nitrogens is 4. The molecule has 0 bridgehead atoms. The van der Waals surface area contributed by atoms with E-state index in [0.717, 1.165) is 6.42 Å². The summed E-state index contributed by atoms with van der Waals surface area (Å²) in [6, 6.07) is 0.00625. The Hall–Kier alpha value is -1.05. The van der Waals surface area contributed by atoms with E-state index in [9.17, 15) is 0 Å². The van der Waals surface area contributed by atoms with Gasteiger partial charge in [0.05, 0.1) is 20.3 Å². The van der Waals surface area contributed by atoms with Crippen molar-refractivity contribution >= 4 is 0 Å². The lowest BCUT2D eigenvalue weighted by Gasteiger charge is -2.09. The van der Waals surface area contributed by atoms with Gasteiger partial charge in [-0.2, -0.15) is 4.80 Å². The van der Waals surface area contributed by atoms with Crippen molar-refractivity contribution in [2.45, 2.75) is 18.9 Å². The Balaban J connectivity index is 2.09. The summed E-state index contributed by atoms with van der Waals surface area (Å²) in [4.78, 5) is 1.43. The standard InChI is InChI=1S/C9H19N5O2/c1-14-12-9(11-13-14)7-8(10)3-4-16-6-5-15-2/h8H,3-7,10H2,1-2H3. The lowest BCUT2D eigenvalue weighted by molar-refractivity contribution is 0.0671. The van der Waals surface area contributed by atoms with Crippen LogP contribution in [0.25, 0.3) is 0 Å². The van der Waals surface area contributed by atoms with Crippen molar-refractivity contribution in [2.24, 2.45) is 12.8 Å². The van der Waals surface area contributed by atoms with Gasteiger partial charge in [-0.25, -0.2) is 0 Å². The molecule has 0 saturated heterocycles. The second-order valence-electron chi connectivity index (χ2n) is 3.55. The Labute approximate surface area is 94.9 Å². The van der Waals surface area contributed by atoms with Gasteiger partial charge in [0.2, 0.25) is 0 Å². The molecule has 1 unspecified atom stereocenters. The third-order valence-electron chi connectivity index (χ3n) is 2.06. The molecule has 1 rings (SSSR count). The third kappa shape index (κ3) is 5.15. The SMILES string of the molecule is COCCOCCC(N)Cc1nnn(C)n1. The van der Waals surface area contributed by atoms with Crippen LogP contribution in [0.5, 0.6) is 0 Å². The van der Waals surface area contributed by atoms with E-state index in [2.05, 4.69) is 15.4 Å². The van der Waals surface area contributed by atoms with E-state index < -0.39 is 0 Å². The molecule has 0 spiro atoms. The second-order valence-corrected chi connectivity index (χ2v) is 3.55. The largest absolute Gasteiger partial charge is 0.382 e. The molecule has 0 aliphatic heterocycles. The average Bonchev–Trinajstić information content (AvgIpc) is 2.63. The maximum absolute atomic E-state index is 5.90. The topological polar surface area (TPSA) is 88.1 Å². The molecule has 7 nitrogen and oxygen atoms in total. The molecule has 0 amide bonds. The number of aryl methyl sites for hydroxylation is 1. The molecule has 1 aromatic heterocycles. The molecule has 7 heteroatoms. The smallest absolute Gasteiger partial charge is 0.176 e. The minimum Gasteiger partial charge on any atom is -0.382 e. The highest BCUT2D eigenvalue weighted by Crippen LogP contribution is 1.97. The number of ether oxygens (including phenoxy) is 2. The van der Waals surface area contributed by atoms with Gasteiger partial charge >= 0.3 is 0 Å². The maximum atomic E-state index is 5.90. The summed E-state index contributed by atoms with van der Waals surface area (Å²) in [5.74, 6) is 0.673. The van der Waals surface area contributed by atoms with E-state index in [-0.39, 0.29) is 6.04 Å². The van der Waals surface area contributed by atoms with E-state index in [4.69, 9.17) is 15.2 Å². The number of hydrogen-bond acceptors (Lipinski definition) is 6. The van der Waals surface area contributed by atoms with Crippen LogP contribution in [0.3, 0.4) is 0 Å². The fraction of sp³-hybridized carbons (Fsp3) is 0.889. The normalized spacial score (nSPS) is 12.9. The van der Waals surface area contributed by atoms with Crippen LogP contribution in [0.4, 0.5) is 0 Å². The van der Waals surface area contributed by atoms with Crippen LogP contribution in [0.1, 0.15) is 12.2 Å². The van der Waals surface area contributed by atoms with Gasteiger partial charge in [-0.3, -0.25) is 0 Å². The van der Waals surface area contributed by atoms with Crippen molar-refractivity contribution in [3.8, 4) is 0 Å².